The van der Waals surface area contributed by atoms with Gasteiger partial charge in [-0.05, 0) is 13.3 Å². The van der Waals surface area contributed by atoms with Gasteiger partial charge < -0.3 is 4.74 Å². The van der Waals surface area contributed by atoms with Crippen LogP contribution in [-0.4, -0.2) is 10.8 Å². The van der Waals surface area contributed by atoms with E-state index in [2.05, 4.69) is 29.4 Å². The van der Waals surface area contributed by atoms with Gasteiger partial charge in [0.25, 0.3) is 0 Å². The summed E-state index contributed by atoms with van der Waals surface area (Å²) in [6, 6.07) is 0. The van der Waals surface area contributed by atoms with Gasteiger partial charge in [-0.25, -0.2) is 0 Å². The summed E-state index contributed by atoms with van der Waals surface area (Å²) in [6.45, 7) is 7.79. The van der Waals surface area contributed by atoms with Crippen LogP contribution in [-0.2, 0) is 9.53 Å². The molecule has 1 unspecified atom stereocenters. The van der Waals surface area contributed by atoms with E-state index in [1.807, 2.05) is 0 Å². The molecule has 0 spiro atoms. The maximum atomic E-state index is 11.3. The molecular weight excluding hydrogens is 304 g/mol. The molecule has 2 nitrogen and oxygen atoms in total. The number of carbonyl (C=O) groups is 1. The Hall–Kier alpha value is -0.310. The van der Waals surface area contributed by atoms with Crippen molar-refractivity contribution in [2.24, 2.45) is 0 Å². The lowest BCUT2D eigenvalue weighted by molar-refractivity contribution is -0.138. The van der Waals surface area contributed by atoms with E-state index in [4.69, 9.17) is 4.74 Å². The van der Waals surface area contributed by atoms with Gasteiger partial charge in [0.2, 0.25) is 0 Å². The highest BCUT2D eigenvalue weighted by Crippen LogP contribution is 2.14. The van der Waals surface area contributed by atoms with Crippen LogP contribution in [0, 0.1) is 0 Å². The second-order valence-corrected chi connectivity index (χ2v) is 6.53. The first kappa shape index (κ1) is 18.7. The molecular formula is C16H29BrO2. The summed E-state index contributed by atoms with van der Waals surface area (Å²) in [5.74, 6) is 0.347. The summed E-state index contributed by atoms with van der Waals surface area (Å²) in [4.78, 5) is 11.0. The fraction of sp³-hybridized carbons (Fsp3) is 0.812. The molecule has 112 valence electrons. The van der Waals surface area contributed by atoms with Gasteiger partial charge in [-0.1, -0.05) is 80.8 Å². The van der Waals surface area contributed by atoms with Crippen molar-refractivity contribution in [1.29, 1.82) is 0 Å². The number of allylic oxidation sites excluding steroid dienone is 1. The first-order chi connectivity index (χ1) is 9.07. The van der Waals surface area contributed by atoms with Gasteiger partial charge >= 0.3 is 5.97 Å². The molecule has 0 aliphatic heterocycles. The Labute approximate surface area is 127 Å². The molecule has 0 aliphatic carbocycles. The maximum absolute atomic E-state index is 11.3. The van der Waals surface area contributed by atoms with E-state index in [0.29, 0.717) is 5.76 Å². The highest BCUT2D eigenvalue weighted by molar-refractivity contribution is 9.10. The average Bonchev–Trinajstić information content (AvgIpc) is 2.36. The minimum absolute atomic E-state index is 0.249. The first-order valence-electron chi connectivity index (χ1n) is 7.61. The molecule has 0 saturated heterocycles. The van der Waals surface area contributed by atoms with Crippen molar-refractivity contribution in [2.75, 3.05) is 0 Å². The number of hydrogen-bond acceptors (Lipinski definition) is 2. The number of hydrogen-bond donors (Lipinski definition) is 0. The molecule has 19 heavy (non-hydrogen) atoms. The van der Waals surface area contributed by atoms with Crippen molar-refractivity contribution in [3.8, 4) is 0 Å². The van der Waals surface area contributed by atoms with Crippen LogP contribution in [0.4, 0.5) is 0 Å². The third kappa shape index (κ3) is 12.5. The molecule has 0 radical (unpaired) electrons. The van der Waals surface area contributed by atoms with Crippen molar-refractivity contribution >= 4 is 21.9 Å². The summed E-state index contributed by atoms with van der Waals surface area (Å²) in [7, 11) is 0. The second kappa shape index (κ2) is 12.7. The van der Waals surface area contributed by atoms with Crippen LogP contribution in [0.15, 0.2) is 12.3 Å². The molecule has 0 amide bonds. The molecule has 3 heteroatoms. The van der Waals surface area contributed by atoms with Crippen molar-refractivity contribution in [3.05, 3.63) is 12.3 Å². The smallest absolute Gasteiger partial charge is 0.324 e. The number of unbranched alkanes of at least 4 members (excludes halogenated alkanes) is 8. The normalized spacial score (nSPS) is 12.2. The van der Waals surface area contributed by atoms with Gasteiger partial charge in [0.15, 0.2) is 0 Å². The van der Waals surface area contributed by atoms with Gasteiger partial charge in [0.1, 0.15) is 10.6 Å². The molecule has 0 aromatic rings. The fourth-order valence-electron chi connectivity index (χ4n) is 1.91. The Morgan fingerprint density at radius 2 is 1.53 bits per heavy atom. The first-order valence-corrected chi connectivity index (χ1v) is 8.53. The Morgan fingerprint density at radius 1 is 1.05 bits per heavy atom. The Bertz CT molecular complexity index is 249. The lowest BCUT2D eigenvalue weighted by Gasteiger charge is -2.08. The highest BCUT2D eigenvalue weighted by Gasteiger charge is 2.11. The summed E-state index contributed by atoms with van der Waals surface area (Å²) >= 11 is 3.18. The maximum Gasteiger partial charge on any atom is 0.324 e. The lowest BCUT2D eigenvalue weighted by Crippen LogP contribution is -2.13. The zero-order chi connectivity index (χ0) is 14.5. The van der Waals surface area contributed by atoms with Gasteiger partial charge in [0.05, 0.1) is 0 Å². The Balaban J connectivity index is 3.30. The van der Waals surface area contributed by atoms with Gasteiger partial charge in [0, 0.05) is 6.42 Å². The molecule has 0 aromatic carbocycles. The van der Waals surface area contributed by atoms with Crippen LogP contribution in [0.25, 0.3) is 0 Å². The Morgan fingerprint density at radius 3 is 2.00 bits per heavy atom. The topological polar surface area (TPSA) is 26.3 Å². The predicted molar refractivity (Wildman–Crippen MR) is 85.5 cm³/mol. The fourth-order valence-corrected chi connectivity index (χ4v) is 2.00. The Kier molecular flexibility index (Phi) is 12.5. The molecule has 0 N–H and O–H groups in total. The van der Waals surface area contributed by atoms with Crippen molar-refractivity contribution in [2.45, 2.75) is 82.9 Å². The van der Waals surface area contributed by atoms with E-state index >= 15 is 0 Å². The molecule has 1 atom stereocenters. The molecule has 0 saturated carbocycles. The van der Waals surface area contributed by atoms with Crippen LogP contribution < -0.4 is 0 Å². The van der Waals surface area contributed by atoms with E-state index in [1.165, 1.54) is 51.4 Å². The molecule has 0 bridgehead atoms. The monoisotopic (exact) mass is 332 g/mol. The molecule has 0 rings (SSSR count). The molecule has 0 aliphatic rings. The zero-order valence-electron chi connectivity index (χ0n) is 12.5. The zero-order valence-corrected chi connectivity index (χ0v) is 14.1. The van der Waals surface area contributed by atoms with E-state index in [1.54, 1.807) is 6.92 Å². The molecule has 0 aromatic heterocycles. The number of alkyl halides is 1. The quantitative estimate of drug-likeness (QED) is 0.197. The summed E-state index contributed by atoms with van der Waals surface area (Å²) < 4.78 is 5.10. The second-order valence-electron chi connectivity index (χ2n) is 5.15. The highest BCUT2D eigenvalue weighted by atomic mass is 79.9. The van der Waals surface area contributed by atoms with Crippen LogP contribution in [0.2, 0.25) is 0 Å². The van der Waals surface area contributed by atoms with E-state index < -0.39 is 0 Å². The third-order valence-electron chi connectivity index (χ3n) is 3.13. The van der Waals surface area contributed by atoms with Crippen LogP contribution in [0.1, 0.15) is 78.1 Å². The number of carbonyl (C=O) groups excluding carboxylic acids is 1. The minimum atomic E-state index is -0.257. The largest absolute Gasteiger partial charge is 0.431 e. The SMILES string of the molecule is C=C(CCCCCCCCCCC)OC(=O)C(C)Br. The lowest BCUT2D eigenvalue weighted by atomic mass is 10.1. The standard InChI is InChI=1S/C16H29BrO2/c1-4-5-6-7-8-9-10-11-12-13-14(2)19-16(18)15(3)17/h15H,2,4-13H2,1,3H3. The van der Waals surface area contributed by atoms with Gasteiger partial charge in [-0.2, -0.15) is 0 Å². The van der Waals surface area contributed by atoms with E-state index in [0.717, 1.165) is 12.8 Å². The number of halogens is 1. The number of ether oxygens (including phenoxy) is 1. The van der Waals surface area contributed by atoms with Crippen molar-refractivity contribution in [1.82, 2.24) is 0 Å². The predicted octanol–water partition coefficient (Wildman–Crippen LogP) is 5.75. The van der Waals surface area contributed by atoms with Crippen LogP contribution in [0.3, 0.4) is 0 Å². The average molecular weight is 333 g/mol. The molecule has 0 fully saturated rings. The van der Waals surface area contributed by atoms with Gasteiger partial charge in [-0.3, -0.25) is 4.79 Å². The van der Waals surface area contributed by atoms with E-state index in [9.17, 15) is 4.79 Å². The number of esters is 1. The minimum Gasteiger partial charge on any atom is -0.431 e. The van der Waals surface area contributed by atoms with E-state index in [-0.39, 0.29) is 10.8 Å². The van der Waals surface area contributed by atoms with Gasteiger partial charge in [-0.15, -0.1) is 0 Å². The number of rotatable bonds is 12. The molecule has 0 heterocycles. The van der Waals surface area contributed by atoms with Crippen LogP contribution in [0.5, 0.6) is 0 Å². The van der Waals surface area contributed by atoms with Crippen molar-refractivity contribution < 1.29 is 9.53 Å². The van der Waals surface area contributed by atoms with Crippen LogP contribution >= 0.6 is 15.9 Å². The van der Waals surface area contributed by atoms with Crippen molar-refractivity contribution in [3.63, 3.8) is 0 Å². The third-order valence-corrected chi connectivity index (χ3v) is 3.50. The summed E-state index contributed by atoms with van der Waals surface area (Å²) in [5, 5.41) is 0. The summed E-state index contributed by atoms with van der Waals surface area (Å²) in [6.07, 6.45) is 12.5. The summed E-state index contributed by atoms with van der Waals surface area (Å²) in [5.41, 5.74) is 0.